The zero-order chi connectivity index (χ0) is 17.6. The largest absolute Gasteiger partial charge is 0.385 e. The number of carbonyl (C=O) groups excluding carboxylic acids is 1. The van der Waals surface area contributed by atoms with E-state index in [1.807, 2.05) is 0 Å². The van der Waals surface area contributed by atoms with Gasteiger partial charge in [0.15, 0.2) is 0 Å². The number of methoxy groups -OCH3 is 1. The van der Waals surface area contributed by atoms with E-state index in [0.717, 1.165) is 12.1 Å². The summed E-state index contributed by atoms with van der Waals surface area (Å²) in [4.78, 5) is 12.2. The maximum atomic E-state index is 13.0. The Hall–Kier alpha value is -1.51. The summed E-state index contributed by atoms with van der Waals surface area (Å²) in [5, 5.41) is 2.82. The molecule has 0 radical (unpaired) electrons. The molecule has 1 aliphatic rings. The van der Waals surface area contributed by atoms with Crippen LogP contribution in [-0.4, -0.2) is 52.0 Å². The van der Waals surface area contributed by atoms with Crippen LogP contribution < -0.4 is 5.32 Å². The summed E-state index contributed by atoms with van der Waals surface area (Å²) in [7, 11) is -2.11. The second kappa shape index (κ2) is 8.55. The first-order chi connectivity index (χ1) is 11.4. The zero-order valence-corrected chi connectivity index (χ0v) is 14.5. The highest BCUT2D eigenvalue weighted by atomic mass is 32.2. The fourth-order valence-electron chi connectivity index (χ4n) is 2.70. The standard InChI is InChI=1S/C16H23FN2O4S/c1-23-11-3-9-18-16(20)13-4-2-10-19(12-13)24(21,22)15-7-5-14(17)6-8-15/h5-8,13H,2-4,9-12H2,1H3,(H,18,20)/t13-/m0/s1. The van der Waals surface area contributed by atoms with Gasteiger partial charge < -0.3 is 10.1 Å². The molecule has 1 fully saturated rings. The van der Waals surface area contributed by atoms with Crippen LogP contribution in [0.3, 0.4) is 0 Å². The van der Waals surface area contributed by atoms with Crippen LogP contribution in [0.4, 0.5) is 4.39 Å². The van der Waals surface area contributed by atoms with Crippen LogP contribution in [0, 0.1) is 11.7 Å². The molecule has 0 aromatic heterocycles. The van der Waals surface area contributed by atoms with E-state index in [0.29, 0.717) is 39.0 Å². The summed E-state index contributed by atoms with van der Waals surface area (Å²) in [6.45, 7) is 1.59. The van der Waals surface area contributed by atoms with Crippen LogP contribution in [0.2, 0.25) is 0 Å². The number of nitrogens with zero attached hydrogens (tertiary/aromatic N) is 1. The summed E-state index contributed by atoms with van der Waals surface area (Å²) in [6.07, 6.45) is 1.99. The molecule has 0 aliphatic carbocycles. The molecule has 134 valence electrons. The third-order valence-electron chi connectivity index (χ3n) is 4.03. The lowest BCUT2D eigenvalue weighted by Gasteiger charge is -2.31. The van der Waals surface area contributed by atoms with E-state index in [-0.39, 0.29) is 23.3 Å². The van der Waals surface area contributed by atoms with Crippen molar-refractivity contribution in [1.82, 2.24) is 9.62 Å². The molecule has 0 bridgehead atoms. The van der Waals surface area contributed by atoms with Crippen molar-refractivity contribution in [2.75, 3.05) is 33.4 Å². The second-order valence-electron chi connectivity index (χ2n) is 5.79. The molecule has 0 unspecified atom stereocenters. The number of rotatable bonds is 7. The topological polar surface area (TPSA) is 75.7 Å². The van der Waals surface area contributed by atoms with Crippen LogP contribution in [0.5, 0.6) is 0 Å². The van der Waals surface area contributed by atoms with Crippen molar-refractivity contribution < 1.29 is 22.3 Å². The summed E-state index contributed by atoms with van der Waals surface area (Å²) in [6, 6.07) is 4.74. The van der Waals surface area contributed by atoms with Crippen molar-refractivity contribution in [2.45, 2.75) is 24.2 Å². The van der Waals surface area contributed by atoms with E-state index in [1.54, 1.807) is 7.11 Å². The maximum absolute atomic E-state index is 13.0. The number of benzene rings is 1. The van der Waals surface area contributed by atoms with E-state index in [2.05, 4.69) is 5.32 Å². The number of sulfonamides is 1. The highest BCUT2D eigenvalue weighted by Crippen LogP contribution is 2.24. The van der Waals surface area contributed by atoms with Gasteiger partial charge >= 0.3 is 0 Å². The predicted molar refractivity (Wildman–Crippen MR) is 87.4 cm³/mol. The van der Waals surface area contributed by atoms with Crippen molar-refractivity contribution in [1.29, 1.82) is 0 Å². The average Bonchev–Trinajstić information content (AvgIpc) is 2.59. The van der Waals surface area contributed by atoms with Gasteiger partial charge in [0.25, 0.3) is 0 Å². The number of piperidine rings is 1. The number of hydrogen-bond donors (Lipinski definition) is 1. The molecule has 6 nitrogen and oxygen atoms in total. The Balaban J connectivity index is 1.99. The van der Waals surface area contributed by atoms with Gasteiger partial charge in [0.1, 0.15) is 5.82 Å². The highest BCUT2D eigenvalue weighted by Gasteiger charge is 2.33. The van der Waals surface area contributed by atoms with Gasteiger partial charge in [-0.15, -0.1) is 0 Å². The van der Waals surface area contributed by atoms with Gasteiger partial charge in [-0.25, -0.2) is 12.8 Å². The minimum Gasteiger partial charge on any atom is -0.385 e. The van der Waals surface area contributed by atoms with E-state index in [4.69, 9.17) is 4.74 Å². The molecule has 8 heteroatoms. The second-order valence-corrected chi connectivity index (χ2v) is 7.73. The van der Waals surface area contributed by atoms with Gasteiger partial charge in [-0.1, -0.05) is 0 Å². The van der Waals surface area contributed by atoms with E-state index in [1.165, 1.54) is 16.4 Å². The van der Waals surface area contributed by atoms with Crippen LogP contribution >= 0.6 is 0 Å². The first-order valence-corrected chi connectivity index (χ1v) is 9.41. The minimum absolute atomic E-state index is 0.0463. The van der Waals surface area contributed by atoms with Crippen LogP contribution in [-0.2, 0) is 19.6 Å². The van der Waals surface area contributed by atoms with Crippen molar-refractivity contribution in [3.05, 3.63) is 30.1 Å². The lowest BCUT2D eigenvalue weighted by atomic mass is 9.99. The van der Waals surface area contributed by atoms with Crippen molar-refractivity contribution in [2.24, 2.45) is 5.92 Å². The number of hydrogen-bond acceptors (Lipinski definition) is 4. The number of ether oxygens (including phenoxy) is 1. The Morgan fingerprint density at radius 1 is 1.38 bits per heavy atom. The Morgan fingerprint density at radius 2 is 2.08 bits per heavy atom. The summed E-state index contributed by atoms with van der Waals surface area (Å²) >= 11 is 0. The molecule has 2 rings (SSSR count). The van der Waals surface area contributed by atoms with Crippen molar-refractivity contribution in [3.8, 4) is 0 Å². The van der Waals surface area contributed by atoms with E-state index in [9.17, 15) is 17.6 Å². The SMILES string of the molecule is COCCCNC(=O)[C@H]1CCCN(S(=O)(=O)c2ccc(F)cc2)C1. The third kappa shape index (κ3) is 4.75. The average molecular weight is 358 g/mol. The smallest absolute Gasteiger partial charge is 0.243 e. The molecule has 1 aliphatic heterocycles. The normalized spacial score (nSPS) is 19.2. The fourth-order valence-corrected chi connectivity index (χ4v) is 4.23. The Morgan fingerprint density at radius 3 is 2.75 bits per heavy atom. The first-order valence-electron chi connectivity index (χ1n) is 7.97. The van der Waals surface area contributed by atoms with Crippen molar-refractivity contribution >= 4 is 15.9 Å². The summed E-state index contributed by atoms with van der Waals surface area (Å²) in [5.74, 6) is -0.984. The lowest BCUT2D eigenvalue weighted by molar-refractivity contribution is -0.126. The molecular weight excluding hydrogens is 335 g/mol. The van der Waals surface area contributed by atoms with Gasteiger partial charge in [0.2, 0.25) is 15.9 Å². The van der Waals surface area contributed by atoms with Crippen molar-refractivity contribution in [3.63, 3.8) is 0 Å². The first kappa shape index (κ1) is 18.8. The summed E-state index contributed by atoms with van der Waals surface area (Å²) < 4.78 is 44.5. The Kier molecular flexibility index (Phi) is 6.70. The monoisotopic (exact) mass is 358 g/mol. The fraction of sp³-hybridized carbons (Fsp3) is 0.562. The Labute approximate surface area is 142 Å². The molecule has 1 aromatic carbocycles. The number of amides is 1. The molecule has 0 saturated carbocycles. The third-order valence-corrected chi connectivity index (χ3v) is 5.91. The highest BCUT2D eigenvalue weighted by molar-refractivity contribution is 7.89. The molecule has 1 N–H and O–H groups in total. The lowest BCUT2D eigenvalue weighted by Crippen LogP contribution is -2.45. The predicted octanol–water partition coefficient (Wildman–Crippen LogP) is 1.38. The number of halogens is 1. The molecule has 1 amide bonds. The van der Waals surface area contributed by atoms with Gasteiger partial charge in [-0.2, -0.15) is 4.31 Å². The van der Waals surface area contributed by atoms with E-state index >= 15 is 0 Å². The number of nitrogens with one attached hydrogen (secondary N) is 1. The Bertz CT molecular complexity index is 649. The number of carbonyl (C=O) groups is 1. The van der Waals surface area contributed by atoms with Gasteiger partial charge in [0, 0.05) is 33.4 Å². The molecule has 1 heterocycles. The van der Waals surface area contributed by atoms with Crippen LogP contribution in [0.25, 0.3) is 0 Å². The van der Waals surface area contributed by atoms with Gasteiger partial charge in [0.05, 0.1) is 10.8 Å². The zero-order valence-electron chi connectivity index (χ0n) is 13.7. The van der Waals surface area contributed by atoms with Gasteiger partial charge in [-0.05, 0) is 43.5 Å². The summed E-state index contributed by atoms with van der Waals surface area (Å²) in [5.41, 5.74) is 0. The molecular formula is C16H23FN2O4S. The molecule has 24 heavy (non-hydrogen) atoms. The molecule has 0 spiro atoms. The molecule has 1 saturated heterocycles. The van der Waals surface area contributed by atoms with Crippen LogP contribution in [0.15, 0.2) is 29.2 Å². The van der Waals surface area contributed by atoms with Crippen LogP contribution in [0.1, 0.15) is 19.3 Å². The maximum Gasteiger partial charge on any atom is 0.243 e. The minimum atomic E-state index is -3.71. The molecule has 1 atom stereocenters. The quantitative estimate of drug-likeness (QED) is 0.747. The molecule has 1 aromatic rings. The van der Waals surface area contributed by atoms with Gasteiger partial charge in [-0.3, -0.25) is 4.79 Å². The van der Waals surface area contributed by atoms with E-state index < -0.39 is 15.8 Å².